The van der Waals surface area contributed by atoms with Crippen LogP contribution in [0.15, 0.2) is 42.7 Å². The zero-order chi connectivity index (χ0) is 25.5. The van der Waals surface area contributed by atoms with Gasteiger partial charge in [-0.2, -0.15) is 0 Å². The summed E-state index contributed by atoms with van der Waals surface area (Å²) in [5.74, 6) is 0.898. The van der Waals surface area contributed by atoms with Crippen LogP contribution in [0.2, 0.25) is 0 Å². The molecule has 1 aromatic heterocycles. The number of amides is 1. The van der Waals surface area contributed by atoms with Crippen molar-refractivity contribution in [1.82, 2.24) is 19.8 Å². The first kappa shape index (κ1) is 26.1. The number of carbonyl (C=O) groups is 1. The average molecular weight is 502 g/mol. The largest absolute Gasteiger partial charge is 0.488 e. The van der Waals surface area contributed by atoms with Crippen LogP contribution < -0.4 is 9.64 Å². The maximum atomic E-state index is 13.1. The van der Waals surface area contributed by atoms with Gasteiger partial charge < -0.3 is 19.5 Å². The summed E-state index contributed by atoms with van der Waals surface area (Å²) in [6, 6.07) is 10.3. The summed E-state index contributed by atoms with van der Waals surface area (Å²) in [7, 11) is 0. The zero-order valence-corrected chi connectivity index (χ0v) is 21.0. The van der Waals surface area contributed by atoms with Crippen LogP contribution >= 0.6 is 0 Å². The molecule has 0 spiro atoms. The summed E-state index contributed by atoms with van der Waals surface area (Å²) < 4.78 is 23.6. The lowest BCUT2D eigenvalue weighted by atomic mass is 10.1. The second kappa shape index (κ2) is 12.3. The number of hydrogen-bond acceptors (Lipinski definition) is 8. The van der Waals surface area contributed by atoms with Crippen LogP contribution in [0.25, 0.3) is 0 Å². The van der Waals surface area contributed by atoms with Gasteiger partial charge in [0.05, 0.1) is 24.5 Å². The lowest BCUT2D eigenvalue weighted by Gasteiger charge is -2.44. The molecule has 2 aliphatic heterocycles. The van der Waals surface area contributed by atoms with Crippen LogP contribution in [0.5, 0.6) is 5.75 Å². The van der Waals surface area contributed by atoms with E-state index in [4.69, 9.17) is 9.47 Å². The van der Waals surface area contributed by atoms with E-state index < -0.39 is 12.8 Å². The minimum absolute atomic E-state index is 0.0613. The van der Waals surface area contributed by atoms with Crippen LogP contribution in [-0.2, 0) is 11.3 Å². The van der Waals surface area contributed by atoms with Gasteiger partial charge >= 0.3 is 6.09 Å². The highest BCUT2D eigenvalue weighted by Gasteiger charge is 2.36. The molecule has 0 radical (unpaired) electrons. The Morgan fingerprint density at radius 1 is 1.11 bits per heavy atom. The molecule has 0 saturated carbocycles. The van der Waals surface area contributed by atoms with Crippen molar-refractivity contribution in [2.75, 3.05) is 44.4 Å². The van der Waals surface area contributed by atoms with Crippen LogP contribution in [0, 0.1) is 0 Å². The average Bonchev–Trinajstić information content (AvgIpc) is 2.89. The maximum Gasteiger partial charge on any atom is 0.410 e. The van der Waals surface area contributed by atoms with Gasteiger partial charge in [0.2, 0.25) is 5.95 Å². The first-order valence-corrected chi connectivity index (χ1v) is 12.6. The summed E-state index contributed by atoms with van der Waals surface area (Å²) >= 11 is 0. The van der Waals surface area contributed by atoms with E-state index >= 15 is 0 Å². The number of aromatic nitrogens is 2. The SMILES string of the molecule is C[C@@H]1CN(c2ncc(OCC(O)CF)cn2)C[C@H](C)N1C(=O)OC1CCN(Cc2ccccc2)CC1. The molecule has 196 valence electrons. The minimum atomic E-state index is -1.17. The normalized spacial score (nSPS) is 22.3. The summed E-state index contributed by atoms with van der Waals surface area (Å²) in [5, 5.41) is 9.28. The van der Waals surface area contributed by atoms with Gasteiger partial charge in [0.25, 0.3) is 0 Å². The summed E-state index contributed by atoms with van der Waals surface area (Å²) in [4.78, 5) is 28.0. The van der Waals surface area contributed by atoms with Gasteiger partial charge in [-0.15, -0.1) is 0 Å². The number of nitrogens with zero attached hydrogens (tertiary/aromatic N) is 5. The van der Waals surface area contributed by atoms with Gasteiger partial charge in [-0.1, -0.05) is 30.3 Å². The number of hydrogen-bond donors (Lipinski definition) is 1. The molecule has 3 atom stereocenters. The molecule has 2 aromatic rings. The van der Waals surface area contributed by atoms with E-state index in [9.17, 15) is 14.3 Å². The van der Waals surface area contributed by atoms with E-state index in [1.165, 1.54) is 18.0 Å². The van der Waals surface area contributed by atoms with Gasteiger partial charge in [-0.05, 0) is 32.3 Å². The number of benzene rings is 1. The maximum absolute atomic E-state index is 13.1. The molecule has 4 rings (SSSR count). The molecular formula is C26H36FN5O4. The van der Waals surface area contributed by atoms with Gasteiger partial charge in [-0.25, -0.2) is 19.2 Å². The quantitative estimate of drug-likeness (QED) is 0.591. The highest BCUT2D eigenvalue weighted by molar-refractivity contribution is 5.69. The molecule has 3 heterocycles. The third-order valence-corrected chi connectivity index (χ3v) is 6.70. The molecule has 0 bridgehead atoms. The second-order valence-electron chi connectivity index (χ2n) is 9.69. The first-order chi connectivity index (χ1) is 17.4. The predicted molar refractivity (Wildman–Crippen MR) is 134 cm³/mol. The Kier molecular flexibility index (Phi) is 8.93. The molecule has 10 heteroatoms. The number of piperidine rings is 1. The van der Waals surface area contributed by atoms with Crippen molar-refractivity contribution < 1.29 is 23.8 Å². The Hall–Kier alpha value is -2.98. The summed E-state index contributed by atoms with van der Waals surface area (Å²) in [6.45, 7) is 6.89. The van der Waals surface area contributed by atoms with E-state index in [0.717, 1.165) is 32.5 Å². The van der Waals surface area contributed by atoms with E-state index in [1.54, 1.807) is 0 Å². The first-order valence-electron chi connectivity index (χ1n) is 12.6. The third-order valence-electron chi connectivity index (χ3n) is 6.70. The lowest BCUT2D eigenvalue weighted by molar-refractivity contribution is 0.00995. The minimum Gasteiger partial charge on any atom is -0.488 e. The number of carbonyl (C=O) groups excluding carboxylic acids is 1. The van der Waals surface area contributed by atoms with Gasteiger partial charge in [-0.3, -0.25) is 9.80 Å². The molecular weight excluding hydrogens is 465 g/mol. The second-order valence-corrected chi connectivity index (χ2v) is 9.69. The van der Waals surface area contributed by atoms with Crippen LogP contribution in [0.3, 0.4) is 0 Å². The van der Waals surface area contributed by atoms with Crippen molar-refractivity contribution >= 4 is 12.0 Å². The van der Waals surface area contributed by atoms with Gasteiger partial charge in [0.1, 0.15) is 25.5 Å². The van der Waals surface area contributed by atoms with E-state index in [1.807, 2.05) is 29.7 Å². The molecule has 0 aliphatic carbocycles. The third kappa shape index (κ3) is 6.82. The molecule has 1 unspecified atom stereocenters. The van der Waals surface area contributed by atoms with Crippen molar-refractivity contribution in [1.29, 1.82) is 0 Å². The number of anilines is 1. The van der Waals surface area contributed by atoms with Crippen LogP contribution in [-0.4, -0.2) is 94.7 Å². The number of alkyl halides is 1. The number of rotatable bonds is 8. The lowest BCUT2D eigenvalue weighted by Crippen LogP contribution is -2.59. The molecule has 1 N–H and O–H groups in total. The zero-order valence-electron chi connectivity index (χ0n) is 21.0. The van der Waals surface area contributed by atoms with E-state index in [-0.39, 0.29) is 30.9 Å². The number of aliphatic hydroxyl groups excluding tert-OH is 1. The van der Waals surface area contributed by atoms with Crippen molar-refractivity contribution in [2.24, 2.45) is 0 Å². The molecule has 2 saturated heterocycles. The highest BCUT2D eigenvalue weighted by Crippen LogP contribution is 2.24. The van der Waals surface area contributed by atoms with Crippen molar-refractivity contribution in [3.05, 3.63) is 48.3 Å². The monoisotopic (exact) mass is 501 g/mol. The molecule has 2 aliphatic rings. The van der Waals surface area contributed by atoms with Crippen LogP contribution in [0.4, 0.5) is 15.1 Å². The molecule has 9 nitrogen and oxygen atoms in total. The van der Waals surface area contributed by atoms with Gasteiger partial charge in [0.15, 0.2) is 5.75 Å². The van der Waals surface area contributed by atoms with Gasteiger partial charge in [0, 0.05) is 32.7 Å². The highest BCUT2D eigenvalue weighted by atomic mass is 19.1. The fourth-order valence-electron chi connectivity index (χ4n) is 4.86. The Labute approximate surface area is 211 Å². The number of piperazine rings is 1. The number of likely N-dealkylation sites (tertiary alicyclic amines) is 1. The summed E-state index contributed by atoms with van der Waals surface area (Å²) in [5.41, 5.74) is 1.30. The fourth-order valence-corrected chi connectivity index (χ4v) is 4.86. The molecule has 36 heavy (non-hydrogen) atoms. The Morgan fingerprint density at radius 2 is 1.75 bits per heavy atom. The smallest absolute Gasteiger partial charge is 0.410 e. The summed E-state index contributed by atoms with van der Waals surface area (Å²) in [6.07, 6.45) is 3.21. The van der Waals surface area contributed by atoms with E-state index in [0.29, 0.717) is 24.8 Å². The Bertz CT molecular complexity index is 947. The predicted octanol–water partition coefficient (Wildman–Crippen LogP) is 2.89. The van der Waals surface area contributed by atoms with Crippen molar-refractivity contribution in [3.63, 3.8) is 0 Å². The fraction of sp³-hybridized carbons (Fsp3) is 0.577. The number of ether oxygens (including phenoxy) is 2. The molecule has 1 aromatic carbocycles. The van der Waals surface area contributed by atoms with Crippen molar-refractivity contribution in [2.45, 2.75) is 57.5 Å². The number of halogens is 1. The van der Waals surface area contributed by atoms with E-state index in [2.05, 4.69) is 39.1 Å². The molecule has 2 fully saturated rings. The Morgan fingerprint density at radius 3 is 2.36 bits per heavy atom. The Balaban J connectivity index is 1.24. The van der Waals surface area contributed by atoms with Crippen LogP contribution in [0.1, 0.15) is 32.3 Å². The topological polar surface area (TPSA) is 91.3 Å². The molecule has 1 amide bonds. The number of aliphatic hydroxyl groups is 1. The van der Waals surface area contributed by atoms with Crippen molar-refractivity contribution in [3.8, 4) is 5.75 Å². The standard InChI is InChI=1S/C26H36FN5O4/c1-19-15-31(25-28-13-24(14-29-25)35-18-22(33)12-27)16-20(2)32(19)26(34)36-23-8-10-30(11-9-23)17-21-6-4-3-5-7-21/h3-7,13-14,19-20,22-23,33H,8-12,15-18H2,1-2H3/t19-,20+,22?.